The molecule has 3 aromatic heterocycles. The molecule has 1 aliphatic rings. The third-order valence-electron chi connectivity index (χ3n) is 5.19. The van der Waals surface area contributed by atoms with Crippen molar-refractivity contribution in [2.24, 2.45) is 5.90 Å². The van der Waals surface area contributed by atoms with Crippen molar-refractivity contribution >= 4 is 16.7 Å². The summed E-state index contributed by atoms with van der Waals surface area (Å²) in [7, 11) is 0. The second-order valence-corrected chi connectivity index (χ2v) is 6.89. The first-order valence-electron chi connectivity index (χ1n) is 9.54. The number of morpholine rings is 1. The molecule has 0 amide bonds. The van der Waals surface area contributed by atoms with Gasteiger partial charge in [0.25, 0.3) is 0 Å². The molecule has 4 aromatic rings. The first-order valence-corrected chi connectivity index (χ1v) is 9.54. The van der Waals surface area contributed by atoms with Crippen LogP contribution in [0.5, 0.6) is 5.75 Å². The molecule has 0 unspecified atom stereocenters. The predicted molar refractivity (Wildman–Crippen MR) is 110 cm³/mol. The Bertz CT molecular complexity index is 1190. The van der Waals surface area contributed by atoms with E-state index in [4.69, 9.17) is 20.5 Å². The molecule has 0 bridgehead atoms. The van der Waals surface area contributed by atoms with Crippen molar-refractivity contribution in [2.45, 2.75) is 0 Å². The van der Waals surface area contributed by atoms with E-state index in [-0.39, 0.29) is 5.75 Å². The molecule has 8 nitrogen and oxygen atoms in total. The van der Waals surface area contributed by atoms with E-state index in [0.29, 0.717) is 48.6 Å². The van der Waals surface area contributed by atoms with Gasteiger partial charge in [-0.15, -0.1) is 0 Å². The second-order valence-electron chi connectivity index (χ2n) is 6.89. The lowest BCUT2D eigenvalue weighted by Crippen LogP contribution is -2.36. The molecular formula is C21H19FN6O2. The predicted octanol–water partition coefficient (Wildman–Crippen LogP) is 2.92. The lowest BCUT2D eigenvalue weighted by molar-refractivity contribution is 0.122. The highest BCUT2D eigenvalue weighted by atomic mass is 19.1. The van der Waals surface area contributed by atoms with Crippen LogP contribution in [-0.4, -0.2) is 46.5 Å². The molecular weight excluding hydrogens is 387 g/mol. The van der Waals surface area contributed by atoms with Crippen LogP contribution < -0.4 is 15.6 Å². The van der Waals surface area contributed by atoms with Crippen LogP contribution in [0.15, 0.2) is 48.8 Å². The van der Waals surface area contributed by atoms with Crippen LogP contribution in [0.25, 0.3) is 33.4 Å². The summed E-state index contributed by atoms with van der Waals surface area (Å²) in [5.41, 5.74) is 3.09. The summed E-state index contributed by atoms with van der Waals surface area (Å²) in [6, 6.07) is 10.4. The fraction of sp³-hybridized carbons (Fsp3) is 0.190. The monoisotopic (exact) mass is 406 g/mol. The molecule has 0 spiro atoms. The van der Waals surface area contributed by atoms with Crippen LogP contribution in [0.1, 0.15) is 0 Å². The van der Waals surface area contributed by atoms with Gasteiger partial charge >= 0.3 is 0 Å². The van der Waals surface area contributed by atoms with Crippen LogP contribution >= 0.6 is 0 Å². The number of nitrogens with zero attached hydrogens (tertiary/aromatic N) is 4. The number of aromatic nitrogens is 4. The third-order valence-corrected chi connectivity index (χ3v) is 5.19. The molecule has 1 saturated heterocycles. The summed E-state index contributed by atoms with van der Waals surface area (Å²) >= 11 is 0. The number of rotatable bonds is 4. The summed E-state index contributed by atoms with van der Waals surface area (Å²) < 4.78 is 20.6. The molecule has 0 aliphatic carbocycles. The number of H-pyrrole nitrogens is 1. The van der Waals surface area contributed by atoms with Crippen molar-refractivity contribution in [3.8, 4) is 28.3 Å². The third kappa shape index (κ3) is 3.14. The standard InChI is InChI=1S/C21H19FN6O2/c22-19-13(2-1-3-17(19)30-23)15-12-18(28-8-10-29-11-9-28)26-20-14(15)4-6-24-21(20)16-5-7-25-27-16/h1-7,12H,8-11,23H2,(H,25,27). The van der Waals surface area contributed by atoms with Gasteiger partial charge in [0, 0.05) is 36.4 Å². The Kier molecular flexibility index (Phi) is 4.74. The van der Waals surface area contributed by atoms with Crippen molar-refractivity contribution in [3.63, 3.8) is 0 Å². The van der Waals surface area contributed by atoms with Gasteiger partial charge in [0.2, 0.25) is 0 Å². The van der Waals surface area contributed by atoms with Crippen LogP contribution in [0.3, 0.4) is 0 Å². The number of pyridine rings is 2. The van der Waals surface area contributed by atoms with Gasteiger partial charge in [0.05, 0.1) is 18.9 Å². The molecule has 30 heavy (non-hydrogen) atoms. The van der Waals surface area contributed by atoms with Crippen LogP contribution in [0.2, 0.25) is 0 Å². The summed E-state index contributed by atoms with van der Waals surface area (Å²) in [4.78, 5) is 16.2. The maximum absolute atomic E-state index is 15.1. The molecule has 152 valence electrons. The molecule has 4 heterocycles. The summed E-state index contributed by atoms with van der Waals surface area (Å²) in [5, 5.41) is 7.73. The van der Waals surface area contributed by atoms with Gasteiger partial charge in [0.15, 0.2) is 11.6 Å². The van der Waals surface area contributed by atoms with E-state index in [0.717, 1.165) is 16.9 Å². The van der Waals surface area contributed by atoms with E-state index in [9.17, 15) is 0 Å². The number of benzene rings is 1. The molecule has 1 aromatic carbocycles. The van der Waals surface area contributed by atoms with E-state index >= 15 is 4.39 Å². The average Bonchev–Trinajstić information content (AvgIpc) is 3.33. The minimum Gasteiger partial charge on any atom is -0.408 e. The Labute approximate surface area is 171 Å². The Balaban J connectivity index is 1.80. The lowest BCUT2D eigenvalue weighted by Gasteiger charge is -2.28. The van der Waals surface area contributed by atoms with Gasteiger partial charge in [-0.1, -0.05) is 12.1 Å². The number of hydrogen-bond acceptors (Lipinski definition) is 7. The molecule has 0 atom stereocenters. The molecule has 0 saturated carbocycles. The smallest absolute Gasteiger partial charge is 0.183 e. The van der Waals surface area contributed by atoms with E-state index in [1.54, 1.807) is 24.5 Å². The highest BCUT2D eigenvalue weighted by molar-refractivity contribution is 6.01. The highest BCUT2D eigenvalue weighted by Crippen LogP contribution is 2.37. The van der Waals surface area contributed by atoms with E-state index in [2.05, 4.69) is 20.1 Å². The first kappa shape index (κ1) is 18.5. The zero-order chi connectivity index (χ0) is 20.5. The topological polar surface area (TPSA) is 102 Å². The van der Waals surface area contributed by atoms with Crippen molar-refractivity contribution in [1.82, 2.24) is 20.2 Å². The van der Waals surface area contributed by atoms with Gasteiger partial charge < -0.3 is 14.5 Å². The van der Waals surface area contributed by atoms with Gasteiger partial charge in [-0.3, -0.25) is 10.1 Å². The Morgan fingerprint density at radius 3 is 2.73 bits per heavy atom. The fourth-order valence-electron chi connectivity index (χ4n) is 3.71. The number of anilines is 1. The zero-order valence-corrected chi connectivity index (χ0v) is 16.0. The van der Waals surface area contributed by atoms with E-state index < -0.39 is 5.82 Å². The molecule has 5 rings (SSSR count). The number of fused-ring (bicyclic) bond motifs is 1. The number of halogens is 1. The Morgan fingerprint density at radius 2 is 1.97 bits per heavy atom. The van der Waals surface area contributed by atoms with Gasteiger partial charge in [-0.05, 0) is 29.8 Å². The Morgan fingerprint density at radius 1 is 1.10 bits per heavy atom. The van der Waals surface area contributed by atoms with Crippen LogP contribution in [-0.2, 0) is 4.74 Å². The lowest BCUT2D eigenvalue weighted by atomic mass is 9.99. The molecule has 1 aliphatic heterocycles. The number of hydrogen-bond donors (Lipinski definition) is 2. The van der Waals surface area contributed by atoms with Crippen molar-refractivity contribution in [3.05, 3.63) is 54.6 Å². The maximum atomic E-state index is 15.1. The van der Waals surface area contributed by atoms with Crippen molar-refractivity contribution in [1.29, 1.82) is 0 Å². The summed E-state index contributed by atoms with van der Waals surface area (Å²) in [5.74, 6) is 5.43. The molecule has 9 heteroatoms. The number of ether oxygens (including phenoxy) is 1. The number of nitrogens with one attached hydrogen (secondary N) is 1. The SMILES string of the molecule is NOc1cccc(-c2cc(N3CCOCC3)nc3c(-c4ccn[nH]4)nccc23)c1F. The minimum absolute atomic E-state index is 0.0202. The highest BCUT2D eigenvalue weighted by Gasteiger charge is 2.21. The van der Waals surface area contributed by atoms with Crippen LogP contribution in [0.4, 0.5) is 10.2 Å². The fourth-order valence-corrected chi connectivity index (χ4v) is 3.71. The van der Waals surface area contributed by atoms with Gasteiger partial charge in [-0.25, -0.2) is 9.37 Å². The minimum atomic E-state index is -0.527. The van der Waals surface area contributed by atoms with Crippen LogP contribution in [0, 0.1) is 5.82 Å². The van der Waals surface area contributed by atoms with E-state index in [1.165, 1.54) is 6.07 Å². The molecule has 3 N–H and O–H groups in total. The largest absolute Gasteiger partial charge is 0.408 e. The first-order chi connectivity index (χ1) is 14.8. The Hall–Kier alpha value is -3.56. The normalized spacial score (nSPS) is 14.3. The summed E-state index contributed by atoms with van der Waals surface area (Å²) in [6.07, 6.45) is 3.34. The number of aromatic amines is 1. The zero-order valence-electron chi connectivity index (χ0n) is 16.0. The van der Waals surface area contributed by atoms with E-state index in [1.807, 2.05) is 18.2 Å². The summed E-state index contributed by atoms with van der Waals surface area (Å²) in [6.45, 7) is 2.62. The number of nitrogens with two attached hydrogens (primary N) is 1. The quantitative estimate of drug-likeness (QED) is 0.503. The molecule has 0 radical (unpaired) electrons. The van der Waals surface area contributed by atoms with Crippen molar-refractivity contribution < 1.29 is 14.0 Å². The van der Waals surface area contributed by atoms with Gasteiger partial charge in [-0.2, -0.15) is 11.0 Å². The maximum Gasteiger partial charge on any atom is 0.183 e. The van der Waals surface area contributed by atoms with Crippen molar-refractivity contribution in [2.75, 3.05) is 31.2 Å². The van der Waals surface area contributed by atoms with Gasteiger partial charge in [0.1, 0.15) is 17.0 Å². The molecule has 1 fully saturated rings. The second kappa shape index (κ2) is 7.69. The average molecular weight is 406 g/mol.